The summed E-state index contributed by atoms with van der Waals surface area (Å²) in [4.78, 5) is 3.87. The molecule has 0 amide bonds. The van der Waals surface area contributed by atoms with Crippen molar-refractivity contribution in [2.75, 3.05) is 7.05 Å². The van der Waals surface area contributed by atoms with Gasteiger partial charge in [0.15, 0.2) is 0 Å². The van der Waals surface area contributed by atoms with Crippen LogP contribution in [0.2, 0.25) is 5.02 Å². The molecule has 1 aromatic rings. The monoisotopic (exact) mass is 246 g/mol. The van der Waals surface area contributed by atoms with Crippen LogP contribution in [0.25, 0.3) is 0 Å². The van der Waals surface area contributed by atoms with E-state index in [1.54, 1.807) is 7.05 Å². The predicted molar refractivity (Wildman–Crippen MR) is 57.2 cm³/mol. The van der Waals surface area contributed by atoms with Crippen molar-refractivity contribution in [3.05, 3.63) is 23.5 Å². The highest BCUT2D eigenvalue weighted by atomic mass is 35.5. The van der Waals surface area contributed by atoms with Crippen LogP contribution in [0.5, 0.6) is 0 Å². The van der Waals surface area contributed by atoms with Crippen molar-refractivity contribution in [3.63, 3.8) is 0 Å². The quantitative estimate of drug-likeness (QED) is 0.813. The molecule has 2 rings (SSSR count). The van der Waals surface area contributed by atoms with Gasteiger partial charge in [-0.25, -0.2) is 8.42 Å². The van der Waals surface area contributed by atoms with E-state index >= 15 is 0 Å². The molecule has 0 atom stereocenters. The predicted octanol–water partition coefficient (Wildman–Crippen LogP) is 1.52. The summed E-state index contributed by atoms with van der Waals surface area (Å²) in [6.45, 7) is 0. The second-order valence-electron chi connectivity index (χ2n) is 3.56. The van der Waals surface area contributed by atoms with Crippen molar-refractivity contribution in [2.24, 2.45) is 0 Å². The van der Waals surface area contributed by atoms with E-state index in [4.69, 9.17) is 11.6 Å². The lowest BCUT2D eigenvalue weighted by Gasteiger charge is -2.16. The average Bonchev–Trinajstić information content (AvgIpc) is 3.00. The van der Waals surface area contributed by atoms with Crippen molar-refractivity contribution in [2.45, 2.75) is 23.8 Å². The van der Waals surface area contributed by atoms with E-state index in [-0.39, 0.29) is 16.0 Å². The number of sulfonamides is 1. The molecule has 0 bridgehead atoms. The first kappa shape index (κ1) is 10.9. The van der Waals surface area contributed by atoms with Gasteiger partial charge < -0.3 is 0 Å². The van der Waals surface area contributed by atoms with Crippen molar-refractivity contribution in [1.29, 1.82) is 0 Å². The zero-order valence-electron chi connectivity index (χ0n) is 8.22. The molecule has 1 saturated carbocycles. The zero-order chi connectivity index (χ0) is 11.1. The minimum atomic E-state index is -3.47. The number of hydrogen-bond acceptors (Lipinski definition) is 3. The average molecular weight is 247 g/mol. The summed E-state index contributed by atoms with van der Waals surface area (Å²) in [6, 6.07) is 1.61. The molecule has 0 aromatic carbocycles. The van der Waals surface area contributed by atoms with Gasteiger partial charge >= 0.3 is 0 Å². The molecular formula is C9H11ClN2O2S. The zero-order valence-corrected chi connectivity index (χ0v) is 9.79. The maximum absolute atomic E-state index is 12.0. The molecule has 0 radical (unpaired) electrons. The van der Waals surface area contributed by atoms with Gasteiger partial charge in [0.05, 0.1) is 5.02 Å². The minimum Gasteiger partial charge on any atom is -0.263 e. The fourth-order valence-corrected chi connectivity index (χ4v) is 3.16. The van der Waals surface area contributed by atoms with Gasteiger partial charge in [-0.3, -0.25) is 4.98 Å². The first-order chi connectivity index (χ1) is 7.03. The van der Waals surface area contributed by atoms with Crippen LogP contribution >= 0.6 is 11.6 Å². The Balaban J connectivity index is 2.41. The molecule has 0 spiro atoms. The highest BCUT2D eigenvalue weighted by Gasteiger charge is 2.35. The molecular weight excluding hydrogens is 236 g/mol. The SMILES string of the molecule is CN(C1CC1)S(=O)(=O)c1cnccc1Cl. The van der Waals surface area contributed by atoms with Crippen molar-refractivity contribution in [1.82, 2.24) is 9.29 Å². The van der Waals surface area contributed by atoms with Crippen molar-refractivity contribution >= 4 is 21.6 Å². The molecule has 0 aliphatic heterocycles. The topological polar surface area (TPSA) is 50.3 Å². The van der Waals surface area contributed by atoms with Gasteiger partial charge in [0.25, 0.3) is 0 Å². The molecule has 1 aliphatic carbocycles. The maximum atomic E-state index is 12.0. The standard InChI is InChI=1S/C9H11ClN2O2S/c1-12(7-2-3-7)15(13,14)9-6-11-5-4-8(9)10/h4-7H,2-3H2,1H3. The molecule has 15 heavy (non-hydrogen) atoms. The van der Waals surface area contributed by atoms with Gasteiger partial charge in [0.1, 0.15) is 4.90 Å². The Labute approximate surface area is 93.9 Å². The molecule has 1 aliphatic rings. The van der Waals surface area contributed by atoms with Gasteiger partial charge in [0.2, 0.25) is 10.0 Å². The third-order valence-corrected chi connectivity index (χ3v) is 4.83. The van der Waals surface area contributed by atoms with E-state index in [9.17, 15) is 8.42 Å². The normalized spacial score (nSPS) is 17.0. The molecule has 0 unspecified atom stereocenters. The summed E-state index contributed by atoms with van der Waals surface area (Å²) >= 11 is 5.83. The second-order valence-corrected chi connectivity index (χ2v) is 5.93. The second kappa shape index (κ2) is 3.73. The molecule has 1 heterocycles. The third-order valence-electron chi connectivity index (χ3n) is 2.45. The number of aromatic nitrogens is 1. The van der Waals surface area contributed by atoms with Crippen LogP contribution in [0, 0.1) is 0 Å². The Hall–Kier alpha value is -0.650. The highest BCUT2D eigenvalue weighted by Crippen LogP contribution is 2.32. The van der Waals surface area contributed by atoms with Gasteiger partial charge in [0, 0.05) is 25.5 Å². The molecule has 1 fully saturated rings. The lowest BCUT2D eigenvalue weighted by molar-refractivity contribution is 0.464. The van der Waals surface area contributed by atoms with E-state index in [1.807, 2.05) is 0 Å². The summed E-state index contributed by atoms with van der Waals surface area (Å²) in [5, 5.41) is 0.220. The van der Waals surface area contributed by atoms with E-state index < -0.39 is 10.0 Å². The van der Waals surface area contributed by atoms with Crippen LogP contribution in [-0.4, -0.2) is 30.8 Å². The Morgan fingerprint density at radius 3 is 2.73 bits per heavy atom. The van der Waals surface area contributed by atoms with Crippen LogP contribution in [-0.2, 0) is 10.0 Å². The first-order valence-corrected chi connectivity index (χ1v) is 6.43. The van der Waals surface area contributed by atoms with Crippen LogP contribution < -0.4 is 0 Å². The number of hydrogen-bond donors (Lipinski definition) is 0. The first-order valence-electron chi connectivity index (χ1n) is 4.61. The minimum absolute atomic E-state index is 0.0843. The van der Waals surface area contributed by atoms with Crippen LogP contribution in [0.3, 0.4) is 0 Å². The van der Waals surface area contributed by atoms with Crippen LogP contribution in [0.4, 0.5) is 0 Å². The van der Waals surface area contributed by atoms with Crippen molar-refractivity contribution < 1.29 is 8.42 Å². The summed E-state index contributed by atoms with van der Waals surface area (Å²) in [5.41, 5.74) is 0. The van der Waals surface area contributed by atoms with E-state index in [0.717, 1.165) is 12.8 Å². The highest BCUT2D eigenvalue weighted by molar-refractivity contribution is 7.89. The summed E-state index contributed by atoms with van der Waals surface area (Å²) in [6.07, 6.45) is 4.61. The third kappa shape index (κ3) is 2.00. The van der Waals surface area contributed by atoms with Crippen LogP contribution in [0.1, 0.15) is 12.8 Å². The van der Waals surface area contributed by atoms with E-state index in [1.165, 1.54) is 22.8 Å². The Morgan fingerprint density at radius 1 is 1.53 bits per heavy atom. The van der Waals surface area contributed by atoms with E-state index in [0.29, 0.717) is 0 Å². The van der Waals surface area contributed by atoms with Crippen molar-refractivity contribution in [3.8, 4) is 0 Å². The smallest absolute Gasteiger partial charge is 0.246 e. The van der Waals surface area contributed by atoms with E-state index in [2.05, 4.69) is 4.98 Å². The Kier molecular flexibility index (Phi) is 2.70. The molecule has 0 saturated heterocycles. The number of halogens is 1. The van der Waals surface area contributed by atoms with Gasteiger partial charge in [-0.2, -0.15) is 4.31 Å². The fourth-order valence-electron chi connectivity index (χ4n) is 1.34. The largest absolute Gasteiger partial charge is 0.263 e. The summed E-state index contributed by atoms with van der Waals surface area (Å²) in [7, 11) is -1.89. The summed E-state index contributed by atoms with van der Waals surface area (Å²) < 4.78 is 25.4. The number of nitrogens with zero attached hydrogens (tertiary/aromatic N) is 2. The lowest BCUT2D eigenvalue weighted by Crippen LogP contribution is -2.29. The number of pyridine rings is 1. The molecule has 0 N–H and O–H groups in total. The molecule has 4 nitrogen and oxygen atoms in total. The maximum Gasteiger partial charge on any atom is 0.246 e. The number of rotatable bonds is 3. The van der Waals surface area contributed by atoms with Gasteiger partial charge in [-0.05, 0) is 18.9 Å². The van der Waals surface area contributed by atoms with Gasteiger partial charge in [-0.1, -0.05) is 11.6 Å². The molecule has 6 heteroatoms. The lowest BCUT2D eigenvalue weighted by atomic mass is 10.5. The fraction of sp³-hybridized carbons (Fsp3) is 0.444. The van der Waals surface area contributed by atoms with Gasteiger partial charge in [-0.15, -0.1) is 0 Å². The molecule has 1 aromatic heterocycles. The Bertz CT molecular complexity index is 471. The summed E-state index contributed by atoms with van der Waals surface area (Å²) in [5.74, 6) is 0. The molecule has 82 valence electrons. The van der Waals surface area contributed by atoms with Crippen LogP contribution in [0.15, 0.2) is 23.4 Å². The Morgan fingerprint density at radius 2 is 2.20 bits per heavy atom.